The van der Waals surface area contributed by atoms with Gasteiger partial charge in [0.15, 0.2) is 0 Å². The molecule has 37 heavy (non-hydrogen) atoms. The highest BCUT2D eigenvalue weighted by Gasteiger charge is 2.18. The molecule has 0 bridgehead atoms. The molecule has 0 atom stereocenters. The number of ether oxygens (including phenoxy) is 1. The highest BCUT2D eigenvalue weighted by Crippen LogP contribution is 2.31. The molecule has 8 nitrogen and oxygen atoms in total. The normalized spacial score (nSPS) is 11.0. The third kappa shape index (κ3) is 6.26. The maximum absolute atomic E-state index is 13.2. The minimum absolute atomic E-state index is 0.0598. The number of halogens is 2. The molecule has 0 radical (unpaired) electrons. The Morgan fingerprint density at radius 2 is 1.68 bits per heavy atom. The Hall–Kier alpha value is -3.93. The molecule has 0 spiro atoms. The van der Waals surface area contributed by atoms with Crippen LogP contribution in [0.2, 0.25) is 5.02 Å². The Morgan fingerprint density at radius 1 is 0.919 bits per heavy atom. The molecule has 3 N–H and O–H groups in total. The first kappa shape index (κ1) is 26.1. The van der Waals surface area contributed by atoms with Gasteiger partial charge in [0.2, 0.25) is 0 Å². The zero-order chi connectivity index (χ0) is 26.6. The Labute approximate surface area is 221 Å². The van der Waals surface area contributed by atoms with Crippen molar-refractivity contribution in [3.05, 3.63) is 99.5 Å². The van der Waals surface area contributed by atoms with Crippen LogP contribution >= 0.6 is 22.9 Å². The van der Waals surface area contributed by atoms with E-state index in [0.29, 0.717) is 4.88 Å². The number of anilines is 3. The van der Waals surface area contributed by atoms with Crippen LogP contribution in [0, 0.1) is 5.82 Å². The molecule has 4 aromatic rings. The van der Waals surface area contributed by atoms with Gasteiger partial charge < -0.3 is 15.4 Å². The lowest BCUT2D eigenvalue weighted by molar-refractivity contribution is 0.101. The number of sulfonamides is 1. The summed E-state index contributed by atoms with van der Waals surface area (Å²) in [6.07, 6.45) is 0. The number of thiophene rings is 1. The number of hydrogen-bond donors (Lipinski definition) is 3. The first-order chi connectivity index (χ1) is 17.7. The summed E-state index contributed by atoms with van der Waals surface area (Å²) in [4.78, 5) is 25.6. The first-order valence-electron chi connectivity index (χ1n) is 10.6. The van der Waals surface area contributed by atoms with E-state index in [1.807, 2.05) is 0 Å². The van der Waals surface area contributed by atoms with E-state index in [4.69, 9.17) is 16.3 Å². The van der Waals surface area contributed by atoms with Gasteiger partial charge in [0.1, 0.15) is 11.6 Å². The van der Waals surface area contributed by atoms with Crippen LogP contribution < -0.4 is 20.1 Å². The maximum Gasteiger partial charge on any atom is 0.265 e. The number of hydrogen-bond acceptors (Lipinski definition) is 6. The summed E-state index contributed by atoms with van der Waals surface area (Å²) in [7, 11) is -2.70. The van der Waals surface area contributed by atoms with Crippen LogP contribution in [-0.4, -0.2) is 27.3 Å². The van der Waals surface area contributed by atoms with Crippen molar-refractivity contribution < 1.29 is 27.1 Å². The molecule has 4 rings (SSSR count). The lowest BCUT2D eigenvalue weighted by Gasteiger charge is -2.14. The van der Waals surface area contributed by atoms with Crippen molar-refractivity contribution in [2.75, 3.05) is 22.5 Å². The summed E-state index contributed by atoms with van der Waals surface area (Å²) in [6.45, 7) is 0. The van der Waals surface area contributed by atoms with Gasteiger partial charge >= 0.3 is 0 Å². The molecule has 0 saturated carbocycles. The van der Waals surface area contributed by atoms with Gasteiger partial charge in [-0.2, -0.15) is 0 Å². The standard InChI is InChI=1S/C25H19ClFN3O5S2/c1-35-22-11-7-17(14-21(22)30-37(33,34)18-8-5-16(27)6-9-18)28-24(31)15-4-10-19(26)20(13-15)29-25(32)23-3-2-12-36-23/h2-14,30H,1H3,(H,28,31)(H,29,32). The van der Waals surface area contributed by atoms with Gasteiger partial charge in [0.25, 0.3) is 21.8 Å². The average Bonchev–Trinajstić information content (AvgIpc) is 3.41. The smallest absolute Gasteiger partial charge is 0.265 e. The number of methoxy groups -OCH3 is 1. The molecule has 190 valence electrons. The zero-order valence-electron chi connectivity index (χ0n) is 19.1. The molecular weight excluding hydrogens is 541 g/mol. The van der Waals surface area contributed by atoms with Crippen molar-refractivity contribution in [1.29, 1.82) is 0 Å². The Balaban J connectivity index is 1.54. The monoisotopic (exact) mass is 559 g/mol. The van der Waals surface area contributed by atoms with Crippen LogP contribution in [0.4, 0.5) is 21.5 Å². The number of nitrogens with one attached hydrogen (secondary N) is 3. The van der Waals surface area contributed by atoms with Gasteiger partial charge in [-0.15, -0.1) is 11.3 Å². The van der Waals surface area contributed by atoms with Crippen LogP contribution in [0.5, 0.6) is 5.75 Å². The van der Waals surface area contributed by atoms with E-state index in [1.54, 1.807) is 17.5 Å². The highest BCUT2D eigenvalue weighted by atomic mass is 35.5. The van der Waals surface area contributed by atoms with Gasteiger partial charge in [0.05, 0.1) is 33.3 Å². The van der Waals surface area contributed by atoms with Gasteiger partial charge in [-0.3, -0.25) is 14.3 Å². The number of carbonyl (C=O) groups is 2. The molecule has 0 saturated heterocycles. The third-order valence-electron chi connectivity index (χ3n) is 5.05. The minimum atomic E-state index is -4.06. The second-order valence-electron chi connectivity index (χ2n) is 7.55. The van der Waals surface area contributed by atoms with Crippen LogP contribution in [0.15, 0.2) is 83.1 Å². The fourth-order valence-corrected chi connectivity index (χ4v) is 5.09. The topological polar surface area (TPSA) is 114 Å². The van der Waals surface area contributed by atoms with E-state index in [0.717, 1.165) is 24.3 Å². The molecule has 2 amide bonds. The maximum atomic E-state index is 13.2. The largest absolute Gasteiger partial charge is 0.495 e. The van der Waals surface area contributed by atoms with E-state index in [-0.39, 0.29) is 44.2 Å². The highest BCUT2D eigenvalue weighted by molar-refractivity contribution is 7.92. The first-order valence-corrected chi connectivity index (χ1v) is 13.3. The summed E-state index contributed by atoms with van der Waals surface area (Å²) in [5, 5.41) is 7.38. The van der Waals surface area contributed by atoms with Gasteiger partial charge in [-0.1, -0.05) is 17.7 Å². The average molecular weight is 560 g/mol. The zero-order valence-corrected chi connectivity index (χ0v) is 21.5. The lowest BCUT2D eigenvalue weighted by atomic mass is 10.1. The van der Waals surface area contributed by atoms with E-state index >= 15 is 0 Å². The molecule has 0 aliphatic carbocycles. The van der Waals surface area contributed by atoms with Crippen LogP contribution in [0.3, 0.4) is 0 Å². The second-order valence-corrected chi connectivity index (χ2v) is 10.6. The van der Waals surface area contributed by atoms with Crippen molar-refractivity contribution in [3.63, 3.8) is 0 Å². The van der Waals surface area contributed by atoms with Crippen molar-refractivity contribution in [2.45, 2.75) is 4.90 Å². The molecule has 1 aromatic heterocycles. The molecule has 12 heteroatoms. The summed E-state index contributed by atoms with van der Waals surface area (Å²) in [5.74, 6) is -1.25. The Morgan fingerprint density at radius 3 is 2.35 bits per heavy atom. The van der Waals surface area contributed by atoms with E-state index in [9.17, 15) is 22.4 Å². The van der Waals surface area contributed by atoms with Gasteiger partial charge in [-0.25, -0.2) is 12.8 Å². The van der Waals surface area contributed by atoms with Crippen LogP contribution in [0.1, 0.15) is 20.0 Å². The predicted molar refractivity (Wildman–Crippen MR) is 142 cm³/mol. The van der Waals surface area contributed by atoms with E-state index in [1.165, 1.54) is 54.8 Å². The van der Waals surface area contributed by atoms with Crippen molar-refractivity contribution >= 4 is 61.8 Å². The number of amides is 2. The molecule has 0 fully saturated rings. The molecule has 0 aliphatic rings. The fraction of sp³-hybridized carbons (Fsp3) is 0.0400. The Kier molecular flexibility index (Phi) is 7.77. The Bertz CT molecular complexity index is 1560. The van der Waals surface area contributed by atoms with E-state index < -0.39 is 21.7 Å². The molecule has 3 aromatic carbocycles. The van der Waals surface area contributed by atoms with Crippen molar-refractivity contribution in [3.8, 4) is 5.75 Å². The summed E-state index contributed by atoms with van der Waals surface area (Å²) >= 11 is 7.46. The lowest BCUT2D eigenvalue weighted by Crippen LogP contribution is -2.16. The molecule has 1 heterocycles. The molecule has 0 unspecified atom stereocenters. The van der Waals surface area contributed by atoms with Crippen LogP contribution in [0.25, 0.3) is 0 Å². The van der Waals surface area contributed by atoms with E-state index in [2.05, 4.69) is 15.4 Å². The third-order valence-corrected chi connectivity index (χ3v) is 7.63. The van der Waals surface area contributed by atoms with Crippen molar-refractivity contribution in [1.82, 2.24) is 0 Å². The van der Waals surface area contributed by atoms with Gasteiger partial charge in [0, 0.05) is 11.3 Å². The molecule has 0 aliphatic heterocycles. The predicted octanol–water partition coefficient (Wildman–Crippen LogP) is 5.85. The minimum Gasteiger partial charge on any atom is -0.495 e. The van der Waals surface area contributed by atoms with Gasteiger partial charge in [-0.05, 0) is 72.1 Å². The summed E-state index contributed by atoms with van der Waals surface area (Å²) in [5.41, 5.74) is 0.789. The van der Waals surface area contributed by atoms with Crippen LogP contribution in [-0.2, 0) is 10.0 Å². The summed E-state index contributed by atoms with van der Waals surface area (Å²) in [6, 6.07) is 16.5. The number of carbonyl (C=O) groups excluding carboxylic acids is 2. The van der Waals surface area contributed by atoms with Crippen molar-refractivity contribution in [2.24, 2.45) is 0 Å². The SMILES string of the molecule is COc1ccc(NC(=O)c2ccc(Cl)c(NC(=O)c3cccs3)c2)cc1NS(=O)(=O)c1ccc(F)cc1. The number of benzene rings is 3. The number of rotatable bonds is 8. The quantitative estimate of drug-likeness (QED) is 0.250. The second kappa shape index (κ2) is 11.0. The molecular formula is C25H19ClFN3O5S2. The fourth-order valence-electron chi connectivity index (χ4n) is 3.24. The summed E-state index contributed by atoms with van der Waals surface area (Å²) < 4.78 is 46.3.